The fourth-order valence-electron chi connectivity index (χ4n) is 2.49. The van der Waals surface area contributed by atoms with Gasteiger partial charge in [-0.3, -0.25) is 0 Å². The Hall–Kier alpha value is -2.09. The van der Waals surface area contributed by atoms with Gasteiger partial charge in [0.1, 0.15) is 6.61 Å². The van der Waals surface area contributed by atoms with Gasteiger partial charge >= 0.3 is 0 Å². The van der Waals surface area contributed by atoms with Crippen molar-refractivity contribution in [2.45, 2.75) is 26.9 Å². The topological polar surface area (TPSA) is 22.1 Å². The summed E-state index contributed by atoms with van der Waals surface area (Å²) in [4.78, 5) is 4.59. The van der Waals surface area contributed by atoms with Crippen molar-refractivity contribution < 1.29 is 4.74 Å². The van der Waals surface area contributed by atoms with Crippen molar-refractivity contribution in [2.24, 2.45) is 0 Å². The summed E-state index contributed by atoms with van der Waals surface area (Å²) >= 11 is 0. The number of hydrogen-bond donors (Lipinski definition) is 0. The van der Waals surface area contributed by atoms with Crippen molar-refractivity contribution >= 4 is 6.08 Å². The Morgan fingerprint density at radius 2 is 1.95 bits per heavy atom. The van der Waals surface area contributed by atoms with Crippen LogP contribution in [0.15, 0.2) is 36.4 Å². The summed E-state index contributed by atoms with van der Waals surface area (Å²) in [5.74, 6) is 0.767. The van der Waals surface area contributed by atoms with E-state index in [-0.39, 0.29) is 0 Å². The molecule has 0 radical (unpaired) electrons. The van der Waals surface area contributed by atoms with Crippen LogP contribution < -0.4 is 4.74 Å². The quantitative estimate of drug-likeness (QED) is 0.826. The van der Waals surface area contributed by atoms with Crippen molar-refractivity contribution in [3.63, 3.8) is 0 Å². The van der Waals surface area contributed by atoms with Gasteiger partial charge in [-0.15, -0.1) is 0 Å². The molecule has 2 aromatic rings. The van der Waals surface area contributed by atoms with Gasteiger partial charge in [0.15, 0.2) is 0 Å². The SMILES string of the molecule is Cc1nc(OCc2ccccc2)c(C)c2c1C=CC2. The third-order valence-electron chi connectivity index (χ3n) is 3.58. The van der Waals surface area contributed by atoms with Crippen LogP contribution in [0, 0.1) is 13.8 Å². The normalized spacial score (nSPS) is 12.5. The van der Waals surface area contributed by atoms with Gasteiger partial charge < -0.3 is 4.74 Å². The molecule has 0 amide bonds. The number of benzene rings is 1. The van der Waals surface area contributed by atoms with Crippen LogP contribution in [0.5, 0.6) is 5.88 Å². The molecule has 1 aliphatic rings. The molecule has 0 N–H and O–H groups in total. The lowest BCUT2D eigenvalue weighted by Gasteiger charge is -2.13. The van der Waals surface area contributed by atoms with Gasteiger partial charge in [0.25, 0.3) is 0 Å². The van der Waals surface area contributed by atoms with E-state index in [1.807, 2.05) is 25.1 Å². The first-order chi connectivity index (χ1) is 9.25. The Labute approximate surface area is 113 Å². The number of ether oxygens (including phenoxy) is 1. The summed E-state index contributed by atoms with van der Waals surface area (Å²) in [6.07, 6.45) is 5.34. The lowest BCUT2D eigenvalue weighted by atomic mass is 10.0. The van der Waals surface area contributed by atoms with Crippen LogP contribution in [0.3, 0.4) is 0 Å². The first kappa shape index (κ1) is 12.0. The van der Waals surface area contributed by atoms with E-state index >= 15 is 0 Å². The summed E-state index contributed by atoms with van der Waals surface area (Å²) < 4.78 is 5.89. The van der Waals surface area contributed by atoms with E-state index in [1.165, 1.54) is 22.3 Å². The molecule has 2 nitrogen and oxygen atoms in total. The Morgan fingerprint density at radius 1 is 1.16 bits per heavy atom. The summed E-state index contributed by atoms with van der Waals surface area (Å²) in [6, 6.07) is 10.2. The van der Waals surface area contributed by atoms with E-state index in [1.54, 1.807) is 0 Å². The van der Waals surface area contributed by atoms with Gasteiger partial charge in [0.2, 0.25) is 5.88 Å². The van der Waals surface area contributed by atoms with Crippen molar-refractivity contribution in [1.82, 2.24) is 4.98 Å². The second-order valence-electron chi connectivity index (χ2n) is 4.90. The summed E-state index contributed by atoms with van der Waals surface area (Å²) in [7, 11) is 0. The fourth-order valence-corrected chi connectivity index (χ4v) is 2.49. The molecule has 1 heterocycles. The van der Waals surface area contributed by atoms with Crippen LogP contribution in [0.25, 0.3) is 6.08 Å². The van der Waals surface area contributed by atoms with E-state index in [0.29, 0.717) is 6.61 Å². The lowest BCUT2D eigenvalue weighted by molar-refractivity contribution is 0.290. The predicted octanol–water partition coefficient (Wildman–Crippen LogP) is 3.85. The van der Waals surface area contributed by atoms with E-state index < -0.39 is 0 Å². The van der Waals surface area contributed by atoms with E-state index in [0.717, 1.165) is 18.0 Å². The van der Waals surface area contributed by atoms with Crippen molar-refractivity contribution in [3.05, 3.63) is 64.4 Å². The Morgan fingerprint density at radius 3 is 2.74 bits per heavy atom. The van der Waals surface area contributed by atoms with Crippen molar-refractivity contribution in [2.75, 3.05) is 0 Å². The molecule has 0 aliphatic heterocycles. The maximum absolute atomic E-state index is 5.89. The molecule has 3 rings (SSSR count). The highest BCUT2D eigenvalue weighted by molar-refractivity contribution is 5.65. The molecule has 19 heavy (non-hydrogen) atoms. The minimum absolute atomic E-state index is 0.570. The largest absolute Gasteiger partial charge is 0.473 e. The molecule has 96 valence electrons. The molecule has 0 fully saturated rings. The fraction of sp³-hybridized carbons (Fsp3) is 0.235. The first-order valence-corrected chi connectivity index (χ1v) is 6.59. The number of aromatic nitrogens is 1. The van der Waals surface area contributed by atoms with E-state index in [9.17, 15) is 0 Å². The Bertz CT molecular complexity index is 629. The molecule has 0 atom stereocenters. The van der Waals surface area contributed by atoms with Crippen LogP contribution in [-0.4, -0.2) is 4.98 Å². The van der Waals surface area contributed by atoms with E-state index in [4.69, 9.17) is 4.74 Å². The minimum Gasteiger partial charge on any atom is -0.473 e. The zero-order valence-corrected chi connectivity index (χ0v) is 11.3. The molecule has 0 saturated carbocycles. The Balaban J connectivity index is 1.85. The average molecular weight is 251 g/mol. The van der Waals surface area contributed by atoms with Crippen LogP contribution in [0.4, 0.5) is 0 Å². The molecule has 1 aromatic heterocycles. The van der Waals surface area contributed by atoms with Gasteiger partial charge in [-0.25, -0.2) is 4.98 Å². The third kappa shape index (κ3) is 2.26. The maximum Gasteiger partial charge on any atom is 0.217 e. The van der Waals surface area contributed by atoms with Gasteiger partial charge in [-0.1, -0.05) is 42.5 Å². The average Bonchev–Trinajstić information content (AvgIpc) is 2.92. The highest BCUT2D eigenvalue weighted by atomic mass is 16.5. The van der Waals surface area contributed by atoms with Crippen LogP contribution in [0.2, 0.25) is 0 Å². The predicted molar refractivity (Wildman–Crippen MR) is 77.2 cm³/mol. The summed E-state index contributed by atoms with van der Waals surface area (Å²) in [5, 5.41) is 0. The van der Waals surface area contributed by atoms with Crippen LogP contribution in [-0.2, 0) is 13.0 Å². The van der Waals surface area contributed by atoms with Gasteiger partial charge in [-0.2, -0.15) is 0 Å². The highest BCUT2D eigenvalue weighted by Crippen LogP contribution is 2.30. The third-order valence-corrected chi connectivity index (χ3v) is 3.58. The van der Waals surface area contributed by atoms with Gasteiger partial charge in [0, 0.05) is 11.3 Å². The standard InChI is InChI=1S/C17H17NO/c1-12-15-9-6-10-16(15)13(2)18-17(12)19-11-14-7-4-3-5-8-14/h3-8,10H,9,11H2,1-2H3. The van der Waals surface area contributed by atoms with E-state index in [2.05, 4.69) is 36.2 Å². The number of hydrogen-bond acceptors (Lipinski definition) is 2. The van der Waals surface area contributed by atoms with Gasteiger partial charge in [0.05, 0.1) is 0 Å². The number of pyridine rings is 1. The number of nitrogens with zero attached hydrogens (tertiary/aromatic N) is 1. The van der Waals surface area contributed by atoms with Crippen molar-refractivity contribution in [1.29, 1.82) is 0 Å². The molecule has 0 unspecified atom stereocenters. The lowest BCUT2D eigenvalue weighted by Crippen LogP contribution is -2.03. The molecule has 0 bridgehead atoms. The molecular weight excluding hydrogens is 234 g/mol. The molecule has 0 spiro atoms. The smallest absolute Gasteiger partial charge is 0.217 e. The number of aryl methyl sites for hydroxylation is 1. The van der Waals surface area contributed by atoms with Gasteiger partial charge in [-0.05, 0) is 37.0 Å². The van der Waals surface area contributed by atoms with Crippen molar-refractivity contribution in [3.8, 4) is 5.88 Å². The molecular formula is C17H17NO. The minimum atomic E-state index is 0.570. The first-order valence-electron chi connectivity index (χ1n) is 6.59. The van der Waals surface area contributed by atoms with Crippen LogP contribution in [0.1, 0.15) is 27.9 Å². The molecule has 0 saturated heterocycles. The number of allylic oxidation sites excluding steroid dienone is 1. The zero-order chi connectivity index (χ0) is 13.2. The van der Waals surface area contributed by atoms with Crippen LogP contribution >= 0.6 is 0 Å². The summed E-state index contributed by atoms with van der Waals surface area (Å²) in [6.45, 7) is 4.71. The zero-order valence-electron chi connectivity index (χ0n) is 11.3. The highest BCUT2D eigenvalue weighted by Gasteiger charge is 2.16. The number of fused-ring (bicyclic) bond motifs is 1. The monoisotopic (exact) mass is 251 g/mol. The molecule has 1 aliphatic carbocycles. The second kappa shape index (κ2) is 4.88. The Kier molecular flexibility index (Phi) is 3.08. The molecule has 1 aromatic carbocycles. The molecule has 2 heteroatoms. The maximum atomic E-state index is 5.89. The summed E-state index contributed by atoms with van der Waals surface area (Å²) in [5.41, 5.74) is 6.01. The number of rotatable bonds is 3. The second-order valence-corrected chi connectivity index (χ2v) is 4.90.